The normalized spacial score (nSPS) is 19.9. The molecule has 2 heteroatoms. The van der Waals surface area contributed by atoms with E-state index in [1.807, 2.05) is 0 Å². The first-order chi connectivity index (χ1) is 13.3. The molecule has 0 amide bonds. The summed E-state index contributed by atoms with van der Waals surface area (Å²) < 4.78 is 0. The van der Waals surface area contributed by atoms with Crippen molar-refractivity contribution < 1.29 is 0 Å². The molecule has 0 bridgehead atoms. The van der Waals surface area contributed by atoms with Gasteiger partial charge in [-0.25, -0.2) is 9.97 Å². The van der Waals surface area contributed by atoms with Crippen molar-refractivity contribution in [2.24, 2.45) is 5.92 Å². The number of unbranched alkanes of at least 4 members (excludes halogenated alkanes) is 4. The van der Waals surface area contributed by atoms with Gasteiger partial charge in [-0.3, -0.25) is 0 Å². The third-order valence-electron chi connectivity index (χ3n) is 6.35. The van der Waals surface area contributed by atoms with Gasteiger partial charge in [0.25, 0.3) is 0 Å². The van der Waals surface area contributed by atoms with Gasteiger partial charge in [0.15, 0.2) is 5.82 Å². The number of aryl methyl sites for hydroxylation is 1. The largest absolute Gasteiger partial charge is 0.236 e. The van der Waals surface area contributed by atoms with E-state index < -0.39 is 0 Å². The van der Waals surface area contributed by atoms with Crippen LogP contribution in [-0.2, 0) is 6.42 Å². The molecule has 146 valence electrons. The van der Waals surface area contributed by atoms with Crippen LogP contribution in [0.25, 0.3) is 11.4 Å². The molecule has 1 aliphatic carbocycles. The lowest BCUT2D eigenvalue weighted by molar-refractivity contribution is 0.318. The molecule has 0 aliphatic heterocycles. The molecule has 27 heavy (non-hydrogen) atoms. The highest BCUT2D eigenvalue weighted by atomic mass is 14.9. The lowest BCUT2D eigenvalue weighted by atomic mass is 9.78. The van der Waals surface area contributed by atoms with Crippen molar-refractivity contribution in [3.05, 3.63) is 47.8 Å². The van der Waals surface area contributed by atoms with Crippen LogP contribution in [0.3, 0.4) is 0 Å². The zero-order valence-corrected chi connectivity index (χ0v) is 17.3. The Labute approximate surface area is 165 Å². The molecule has 2 nitrogen and oxygen atoms in total. The minimum Gasteiger partial charge on any atom is -0.236 e. The molecule has 1 heterocycles. The van der Waals surface area contributed by atoms with Gasteiger partial charge in [-0.1, -0.05) is 70.2 Å². The predicted octanol–water partition coefficient (Wildman–Crippen LogP) is 7.34. The van der Waals surface area contributed by atoms with Crippen molar-refractivity contribution in [2.45, 2.75) is 90.4 Å². The van der Waals surface area contributed by atoms with Crippen LogP contribution >= 0.6 is 0 Å². The van der Waals surface area contributed by atoms with Crippen molar-refractivity contribution in [3.63, 3.8) is 0 Å². The third kappa shape index (κ3) is 5.89. The monoisotopic (exact) mass is 364 g/mol. The van der Waals surface area contributed by atoms with Gasteiger partial charge in [0.2, 0.25) is 0 Å². The highest BCUT2D eigenvalue weighted by Crippen LogP contribution is 2.36. The second-order valence-corrected chi connectivity index (χ2v) is 8.33. The third-order valence-corrected chi connectivity index (χ3v) is 6.35. The summed E-state index contributed by atoms with van der Waals surface area (Å²) in [6, 6.07) is 8.86. The standard InChI is InChI=1S/C25H36N2/c1-3-5-6-7-8-9-21-12-16-23(17-13-21)25-26-18-24(19-27-25)22-14-10-20(4-2)11-15-22/h12-13,16-20,22H,3-11,14-15H2,1-2H3/t20-,22-. The molecule has 0 unspecified atom stereocenters. The number of benzene rings is 1. The van der Waals surface area contributed by atoms with Crippen molar-refractivity contribution in [2.75, 3.05) is 0 Å². The van der Waals surface area contributed by atoms with Crippen LogP contribution in [0, 0.1) is 5.92 Å². The predicted molar refractivity (Wildman–Crippen MR) is 115 cm³/mol. The molecule has 0 radical (unpaired) electrons. The minimum atomic E-state index is 0.664. The van der Waals surface area contributed by atoms with Gasteiger partial charge in [0.05, 0.1) is 0 Å². The van der Waals surface area contributed by atoms with Gasteiger partial charge in [-0.15, -0.1) is 0 Å². The Kier molecular flexibility index (Phi) is 7.86. The molecule has 1 aliphatic rings. The van der Waals surface area contributed by atoms with E-state index in [0.717, 1.165) is 17.3 Å². The highest BCUT2D eigenvalue weighted by Gasteiger charge is 2.21. The quantitative estimate of drug-likeness (QED) is 0.435. The lowest BCUT2D eigenvalue weighted by Crippen LogP contribution is -2.13. The highest BCUT2D eigenvalue weighted by molar-refractivity contribution is 5.55. The van der Waals surface area contributed by atoms with Gasteiger partial charge in [0, 0.05) is 18.0 Å². The summed E-state index contributed by atoms with van der Waals surface area (Å²) in [4.78, 5) is 9.36. The van der Waals surface area contributed by atoms with Gasteiger partial charge in [-0.05, 0) is 61.5 Å². The van der Waals surface area contributed by atoms with E-state index in [4.69, 9.17) is 0 Å². The van der Waals surface area contributed by atoms with Gasteiger partial charge in [0.1, 0.15) is 0 Å². The first kappa shape index (κ1) is 20.0. The maximum absolute atomic E-state index is 4.68. The summed E-state index contributed by atoms with van der Waals surface area (Å²) >= 11 is 0. The lowest BCUT2D eigenvalue weighted by Gasteiger charge is -2.27. The minimum absolute atomic E-state index is 0.664. The summed E-state index contributed by atoms with van der Waals surface area (Å²) in [5.74, 6) is 2.46. The molecule has 0 saturated heterocycles. The molecule has 0 atom stereocenters. The number of hydrogen-bond acceptors (Lipinski definition) is 2. The van der Waals surface area contributed by atoms with E-state index in [-0.39, 0.29) is 0 Å². The number of hydrogen-bond donors (Lipinski definition) is 0. The van der Waals surface area contributed by atoms with Crippen molar-refractivity contribution in [3.8, 4) is 11.4 Å². The summed E-state index contributed by atoms with van der Waals surface area (Å²) in [6.07, 6.45) is 18.7. The fraction of sp³-hybridized carbons (Fsp3) is 0.600. The molecule has 1 fully saturated rings. The maximum atomic E-state index is 4.68. The van der Waals surface area contributed by atoms with E-state index >= 15 is 0 Å². The zero-order chi connectivity index (χ0) is 18.9. The number of aromatic nitrogens is 2. The molecular formula is C25H36N2. The van der Waals surface area contributed by atoms with Crippen molar-refractivity contribution >= 4 is 0 Å². The average molecular weight is 365 g/mol. The Morgan fingerprint density at radius 1 is 0.815 bits per heavy atom. The summed E-state index contributed by atoms with van der Waals surface area (Å²) in [7, 11) is 0. The molecule has 0 N–H and O–H groups in total. The van der Waals surface area contributed by atoms with Gasteiger partial charge in [-0.2, -0.15) is 0 Å². The van der Waals surface area contributed by atoms with Crippen LogP contribution in [-0.4, -0.2) is 9.97 Å². The Morgan fingerprint density at radius 2 is 1.48 bits per heavy atom. The molecule has 2 aromatic rings. The fourth-order valence-corrected chi connectivity index (χ4v) is 4.36. The smallest absolute Gasteiger partial charge is 0.159 e. The van der Waals surface area contributed by atoms with Gasteiger partial charge >= 0.3 is 0 Å². The second kappa shape index (κ2) is 10.6. The molecule has 1 aromatic heterocycles. The molecule has 3 rings (SSSR count). The Hall–Kier alpha value is -1.70. The Morgan fingerprint density at radius 3 is 2.11 bits per heavy atom. The zero-order valence-electron chi connectivity index (χ0n) is 17.3. The van der Waals surface area contributed by atoms with Crippen LogP contribution in [0.5, 0.6) is 0 Å². The van der Waals surface area contributed by atoms with Gasteiger partial charge < -0.3 is 0 Å². The Balaban J connectivity index is 1.52. The Bertz CT molecular complexity index is 652. The first-order valence-corrected chi connectivity index (χ1v) is 11.2. The molecule has 0 spiro atoms. The molecular weight excluding hydrogens is 328 g/mol. The fourth-order valence-electron chi connectivity index (χ4n) is 4.36. The van der Waals surface area contributed by atoms with Crippen molar-refractivity contribution in [1.29, 1.82) is 0 Å². The van der Waals surface area contributed by atoms with Crippen LogP contribution in [0.1, 0.15) is 95.1 Å². The van der Waals surface area contributed by atoms with E-state index in [1.165, 1.54) is 81.8 Å². The summed E-state index contributed by atoms with van der Waals surface area (Å²) in [5, 5.41) is 0. The van der Waals surface area contributed by atoms with E-state index in [9.17, 15) is 0 Å². The van der Waals surface area contributed by atoms with E-state index in [0.29, 0.717) is 5.92 Å². The van der Waals surface area contributed by atoms with Crippen molar-refractivity contribution in [1.82, 2.24) is 9.97 Å². The maximum Gasteiger partial charge on any atom is 0.159 e. The van der Waals surface area contributed by atoms with E-state index in [2.05, 4.69) is 60.5 Å². The average Bonchev–Trinajstić information content (AvgIpc) is 2.74. The SMILES string of the molecule is CCCCCCCc1ccc(-c2ncc([C@H]3CC[C@H](CC)CC3)cn2)cc1. The van der Waals surface area contributed by atoms with Crippen LogP contribution < -0.4 is 0 Å². The van der Waals surface area contributed by atoms with Crippen LogP contribution in [0.2, 0.25) is 0 Å². The molecule has 1 saturated carbocycles. The topological polar surface area (TPSA) is 25.8 Å². The number of rotatable bonds is 9. The van der Waals surface area contributed by atoms with Crippen LogP contribution in [0.4, 0.5) is 0 Å². The first-order valence-electron chi connectivity index (χ1n) is 11.2. The summed E-state index contributed by atoms with van der Waals surface area (Å²) in [5.41, 5.74) is 3.89. The second-order valence-electron chi connectivity index (χ2n) is 8.33. The van der Waals surface area contributed by atoms with E-state index in [1.54, 1.807) is 0 Å². The van der Waals surface area contributed by atoms with Crippen LogP contribution in [0.15, 0.2) is 36.7 Å². The molecule has 1 aromatic carbocycles. The number of nitrogens with zero attached hydrogens (tertiary/aromatic N) is 2. The summed E-state index contributed by atoms with van der Waals surface area (Å²) in [6.45, 7) is 4.59.